The quantitative estimate of drug-likeness (QED) is 0.761. The van der Waals surface area contributed by atoms with Gasteiger partial charge in [-0.25, -0.2) is 0 Å². The lowest BCUT2D eigenvalue weighted by atomic mass is 10.1. The number of amides is 1. The number of carbonyl (C=O) groups excluding carboxylic acids is 1. The molecular formula is C20H30N2O3S. The normalized spacial score (nSPS) is 21.5. The van der Waals surface area contributed by atoms with Gasteiger partial charge in [0.2, 0.25) is 5.91 Å². The molecule has 0 radical (unpaired) electrons. The number of thioether (sulfide) groups is 1. The zero-order chi connectivity index (χ0) is 18.4. The van der Waals surface area contributed by atoms with Crippen LogP contribution in [0.3, 0.4) is 0 Å². The Bertz CT molecular complexity index is 605. The Balaban J connectivity index is 1.68. The highest BCUT2D eigenvalue weighted by Crippen LogP contribution is 2.28. The molecule has 0 bridgehead atoms. The molecule has 144 valence electrons. The van der Waals surface area contributed by atoms with E-state index in [-0.39, 0.29) is 5.91 Å². The van der Waals surface area contributed by atoms with Gasteiger partial charge in [0.05, 0.1) is 26.7 Å². The molecule has 0 spiro atoms. The summed E-state index contributed by atoms with van der Waals surface area (Å²) in [5.74, 6) is 3.80. The molecule has 5 nitrogen and oxygen atoms in total. The summed E-state index contributed by atoms with van der Waals surface area (Å²) in [5.41, 5.74) is 0.976. The first-order valence-corrected chi connectivity index (χ1v) is 10.7. The Morgan fingerprint density at radius 2 is 1.88 bits per heavy atom. The van der Waals surface area contributed by atoms with Crippen LogP contribution in [0.4, 0.5) is 0 Å². The lowest BCUT2D eigenvalue weighted by Crippen LogP contribution is -2.48. The average Bonchev–Trinajstić information content (AvgIpc) is 3.05. The van der Waals surface area contributed by atoms with E-state index in [9.17, 15) is 4.79 Å². The summed E-state index contributed by atoms with van der Waals surface area (Å²) in [7, 11) is 3.25. The van der Waals surface area contributed by atoms with Crippen LogP contribution >= 0.6 is 11.8 Å². The van der Waals surface area contributed by atoms with Gasteiger partial charge < -0.3 is 19.3 Å². The van der Waals surface area contributed by atoms with Crippen LogP contribution in [0, 0.1) is 0 Å². The van der Waals surface area contributed by atoms with Gasteiger partial charge in [-0.15, -0.1) is 0 Å². The summed E-state index contributed by atoms with van der Waals surface area (Å²) in [6, 6.07) is 6.08. The van der Waals surface area contributed by atoms with Crippen LogP contribution in [0.25, 0.3) is 0 Å². The molecule has 1 aromatic carbocycles. The largest absolute Gasteiger partial charge is 0.493 e. The van der Waals surface area contributed by atoms with Crippen molar-refractivity contribution in [1.82, 2.24) is 9.80 Å². The first-order valence-electron chi connectivity index (χ1n) is 9.51. The molecule has 1 atom stereocenters. The molecule has 2 aliphatic rings. The summed E-state index contributed by atoms with van der Waals surface area (Å²) in [6.07, 6.45) is 4.08. The Morgan fingerprint density at radius 3 is 2.62 bits per heavy atom. The molecule has 0 N–H and O–H groups in total. The molecule has 1 unspecified atom stereocenters. The molecule has 6 heteroatoms. The zero-order valence-electron chi connectivity index (χ0n) is 15.9. The van der Waals surface area contributed by atoms with Gasteiger partial charge in [-0.2, -0.15) is 11.8 Å². The minimum absolute atomic E-state index is 0.226. The van der Waals surface area contributed by atoms with Crippen LogP contribution in [0.5, 0.6) is 11.5 Å². The third-order valence-electron chi connectivity index (χ3n) is 5.23. The van der Waals surface area contributed by atoms with E-state index in [0.717, 1.165) is 36.6 Å². The molecular weight excluding hydrogens is 348 g/mol. The summed E-state index contributed by atoms with van der Waals surface area (Å²) in [6.45, 7) is 4.25. The molecule has 1 amide bonds. The molecule has 2 saturated heterocycles. The summed E-state index contributed by atoms with van der Waals surface area (Å²) >= 11 is 1.99. The van der Waals surface area contributed by atoms with Gasteiger partial charge in [0.15, 0.2) is 11.5 Å². The van der Waals surface area contributed by atoms with Crippen molar-refractivity contribution >= 4 is 17.7 Å². The van der Waals surface area contributed by atoms with Gasteiger partial charge >= 0.3 is 0 Å². The van der Waals surface area contributed by atoms with Crippen molar-refractivity contribution in [2.75, 3.05) is 51.9 Å². The third-order valence-corrected chi connectivity index (χ3v) is 6.43. The predicted octanol–water partition coefficient (Wildman–Crippen LogP) is 2.68. The second-order valence-corrected chi connectivity index (χ2v) is 8.19. The maximum Gasteiger partial charge on any atom is 0.227 e. The van der Waals surface area contributed by atoms with Crippen LogP contribution in [0.15, 0.2) is 18.2 Å². The fourth-order valence-electron chi connectivity index (χ4n) is 3.84. The first kappa shape index (κ1) is 19.4. The highest BCUT2D eigenvalue weighted by molar-refractivity contribution is 7.99. The number of ether oxygens (including phenoxy) is 2. The zero-order valence-corrected chi connectivity index (χ0v) is 16.7. The topological polar surface area (TPSA) is 42.0 Å². The maximum absolute atomic E-state index is 13.1. The Kier molecular flexibility index (Phi) is 7.08. The number of rotatable bonds is 6. The standard InChI is InChI=1S/C20H30N2O3S/c1-24-18-7-6-16(12-19(18)25-2)13-20(23)22-10-5-11-26-15-17(22)14-21-8-3-4-9-21/h6-7,12,17H,3-5,8-11,13-15H2,1-2H3. The maximum atomic E-state index is 13.1. The van der Waals surface area contributed by atoms with Crippen molar-refractivity contribution < 1.29 is 14.3 Å². The van der Waals surface area contributed by atoms with Crippen molar-refractivity contribution in [3.63, 3.8) is 0 Å². The van der Waals surface area contributed by atoms with Gasteiger partial charge in [0.25, 0.3) is 0 Å². The fraction of sp³-hybridized carbons (Fsp3) is 0.650. The van der Waals surface area contributed by atoms with E-state index < -0.39 is 0 Å². The highest BCUT2D eigenvalue weighted by Gasteiger charge is 2.28. The molecule has 2 heterocycles. The van der Waals surface area contributed by atoms with E-state index in [1.165, 1.54) is 25.9 Å². The van der Waals surface area contributed by atoms with Crippen LogP contribution in [-0.4, -0.2) is 73.7 Å². The Hall–Kier alpha value is -1.40. The van der Waals surface area contributed by atoms with Gasteiger partial charge in [-0.3, -0.25) is 4.79 Å². The van der Waals surface area contributed by atoms with Gasteiger partial charge in [-0.1, -0.05) is 6.07 Å². The van der Waals surface area contributed by atoms with Gasteiger partial charge in [0, 0.05) is 18.8 Å². The number of nitrogens with zero attached hydrogens (tertiary/aromatic N) is 2. The van der Waals surface area contributed by atoms with Crippen LogP contribution < -0.4 is 9.47 Å². The lowest BCUT2D eigenvalue weighted by molar-refractivity contribution is -0.132. The summed E-state index contributed by atoms with van der Waals surface area (Å²) in [5, 5.41) is 0. The molecule has 0 aliphatic carbocycles. The van der Waals surface area contributed by atoms with E-state index in [1.807, 2.05) is 30.0 Å². The number of hydrogen-bond donors (Lipinski definition) is 0. The van der Waals surface area contributed by atoms with Gasteiger partial charge in [-0.05, 0) is 55.8 Å². The second-order valence-electron chi connectivity index (χ2n) is 7.04. The number of likely N-dealkylation sites (tertiary alicyclic amines) is 1. The highest BCUT2D eigenvalue weighted by atomic mass is 32.2. The van der Waals surface area contributed by atoms with Crippen LogP contribution in [0.2, 0.25) is 0 Å². The predicted molar refractivity (Wildman–Crippen MR) is 106 cm³/mol. The number of benzene rings is 1. The fourth-order valence-corrected chi connectivity index (χ4v) is 4.90. The second kappa shape index (κ2) is 9.51. The monoisotopic (exact) mass is 378 g/mol. The van der Waals surface area contributed by atoms with Crippen LogP contribution in [0.1, 0.15) is 24.8 Å². The minimum Gasteiger partial charge on any atom is -0.493 e. The Morgan fingerprint density at radius 1 is 1.12 bits per heavy atom. The van der Waals surface area contributed by atoms with Gasteiger partial charge in [0.1, 0.15) is 0 Å². The molecule has 0 aromatic heterocycles. The van der Waals surface area contributed by atoms with Crippen molar-refractivity contribution in [3.8, 4) is 11.5 Å². The van der Waals surface area contributed by atoms with E-state index >= 15 is 0 Å². The lowest BCUT2D eigenvalue weighted by Gasteiger charge is -2.33. The molecule has 26 heavy (non-hydrogen) atoms. The number of methoxy groups -OCH3 is 2. The Labute approximate surface area is 161 Å². The van der Waals surface area contributed by atoms with Crippen molar-refractivity contribution in [1.29, 1.82) is 0 Å². The third kappa shape index (κ3) is 4.86. The first-order chi connectivity index (χ1) is 12.7. The molecule has 2 aliphatic heterocycles. The number of hydrogen-bond acceptors (Lipinski definition) is 5. The summed E-state index contributed by atoms with van der Waals surface area (Å²) < 4.78 is 10.7. The van der Waals surface area contributed by atoms with Crippen LogP contribution in [-0.2, 0) is 11.2 Å². The van der Waals surface area contributed by atoms with E-state index in [0.29, 0.717) is 24.0 Å². The molecule has 2 fully saturated rings. The average molecular weight is 379 g/mol. The molecule has 3 rings (SSSR count). The van der Waals surface area contributed by atoms with E-state index in [2.05, 4.69) is 9.80 Å². The SMILES string of the molecule is COc1ccc(CC(=O)N2CCCSCC2CN2CCCC2)cc1OC. The van der Waals surface area contributed by atoms with Crippen molar-refractivity contribution in [2.24, 2.45) is 0 Å². The van der Waals surface area contributed by atoms with Crippen molar-refractivity contribution in [3.05, 3.63) is 23.8 Å². The van der Waals surface area contributed by atoms with E-state index in [1.54, 1.807) is 14.2 Å². The molecule has 1 aromatic rings. The van der Waals surface area contributed by atoms with Crippen molar-refractivity contribution in [2.45, 2.75) is 31.7 Å². The smallest absolute Gasteiger partial charge is 0.227 e. The molecule has 0 saturated carbocycles. The minimum atomic E-state index is 0.226. The van der Waals surface area contributed by atoms with E-state index in [4.69, 9.17) is 9.47 Å². The summed E-state index contributed by atoms with van der Waals surface area (Å²) in [4.78, 5) is 17.7. The number of carbonyl (C=O) groups is 1.